The van der Waals surface area contributed by atoms with E-state index in [0.717, 1.165) is 6.07 Å². The van der Waals surface area contributed by atoms with E-state index in [1.165, 1.54) is 19.2 Å². The molecule has 0 radical (unpaired) electrons. The average molecular weight is 186 g/mol. The normalized spacial score (nSPS) is 9.46. The zero-order valence-corrected chi connectivity index (χ0v) is 6.90. The number of carbonyl (C=O) groups excluding carboxylic acids is 1. The highest BCUT2D eigenvalue weighted by atomic mass is 19.2. The quantitative estimate of drug-likeness (QED) is 0.688. The molecular weight excluding hydrogens is 178 g/mol. The van der Waals surface area contributed by atoms with Gasteiger partial charge in [-0.1, -0.05) is 6.07 Å². The number of hydrogen-bond donors (Lipinski definition) is 2. The summed E-state index contributed by atoms with van der Waals surface area (Å²) in [6, 6.07) is 2.96. The first kappa shape index (κ1) is 9.44. The van der Waals surface area contributed by atoms with Gasteiger partial charge in [0, 0.05) is 7.05 Å². The molecule has 0 bridgehead atoms. The van der Waals surface area contributed by atoms with Crippen LogP contribution < -0.4 is 10.6 Å². The van der Waals surface area contributed by atoms with E-state index in [-0.39, 0.29) is 5.69 Å². The van der Waals surface area contributed by atoms with Crippen LogP contribution in [0.3, 0.4) is 0 Å². The van der Waals surface area contributed by atoms with E-state index < -0.39 is 17.7 Å². The van der Waals surface area contributed by atoms with Gasteiger partial charge in [0.1, 0.15) is 0 Å². The summed E-state index contributed by atoms with van der Waals surface area (Å²) < 4.78 is 25.5. The summed E-state index contributed by atoms with van der Waals surface area (Å²) in [5, 5.41) is 4.36. The molecule has 2 N–H and O–H groups in total. The Hall–Kier alpha value is -1.65. The first-order valence-electron chi connectivity index (χ1n) is 3.58. The summed E-state index contributed by atoms with van der Waals surface area (Å²) in [4.78, 5) is 10.7. The maximum absolute atomic E-state index is 12.9. The van der Waals surface area contributed by atoms with Crippen LogP contribution in [0.25, 0.3) is 0 Å². The van der Waals surface area contributed by atoms with Gasteiger partial charge >= 0.3 is 6.03 Å². The van der Waals surface area contributed by atoms with Crippen molar-refractivity contribution in [1.82, 2.24) is 5.32 Å². The summed E-state index contributed by atoms with van der Waals surface area (Å²) in [5.74, 6) is -2.06. The van der Waals surface area contributed by atoms with Gasteiger partial charge in [0.05, 0.1) is 5.69 Å². The van der Waals surface area contributed by atoms with Crippen molar-refractivity contribution in [2.24, 2.45) is 0 Å². The molecule has 1 aromatic rings. The summed E-state index contributed by atoms with van der Waals surface area (Å²) in [6.07, 6.45) is 0. The van der Waals surface area contributed by atoms with Crippen molar-refractivity contribution in [3.8, 4) is 0 Å². The van der Waals surface area contributed by atoms with Crippen LogP contribution in [0, 0.1) is 11.6 Å². The number of anilines is 1. The number of hydrogen-bond acceptors (Lipinski definition) is 1. The van der Waals surface area contributed by atoms with Crippen molar-refractivity contribution in [1.29, 1.82) is 0 Å². The van der Waals surface area contributed by atoms with E-state index >= 15 is 0 Å². The van der Waals surface area contributed by atoms with Crippen molar-refractivity contribution < 1.29 is 13.6 Å². The number of carbonyl (C=O) groups is 1. The Balaban J connectivity index is 2.89. The van der Waals surface area contributed by atoms with Crippen LogP contribution in [0.5, 0.6) is 0 Å². The summed E-state index contributed by atoms with van der Waals surface area (Å²) >= 11 is 0. The predicted octanol–water partition coefficient (Wildman–Crippen LogP) is 1.72. The lowest BCUT2D eigenvalue weighted by atomic mass is 10.3. The van der Waals surface area contributed by atoms with Crippen molar-refractivity contribution in [2.75, 3.05) is 12.4 Å². The topological polar surface area (TPSA) is 41.1 Å². The number of nitrogens with one attached hydrogen (secondary N) is 2. The smallest absolute Gasteiger partial charge is 0.319 e. The van der Waals surface area contributed by atoms with E-state index in [0.29, 0.717) is 0 Å². The second-order valence-electron chi connectivity index (χ2n) is 2.31. The highest BCUT2D eigenvalue weighted by Crippen LogP contribution is 2.15. The zero-order chi connectivity index (χ0) is 9.84. The van der Waals surface area contributed by atoms with E-state index in [9.17, 15) is 13.6 Å². The predicted molar refractivity (Wildman–Crippen MR) is 44.4 cm³/mol. The fourth-order valence-electron chi connectivity index (χ4n) is 0.785. The Morgan fingerprint density at radius 1 is 1.38 bits per heavy atom. The van der Waals surface area contributed by atoms with Gasteiger partial charge in [-0.25, -0.2) is 13.6 Å². The molecule has 0 saturated heterocycles. The van der Waals surface area contributed by atoms with E-state index in [1.54, 1.807) is 0 Å². The highest BCUT2D eigenvalue weighted by Gasteiger charge is 2.08. The molecule has 0 aliphatic rings. The first-order valence-corrected chi connectivity index (χ1v) is 3.58. The number of amides is 2. The highest BCUT2D eigenvalue weighted by molar-refractivity contribution is 5.89. The molecule has 5 heteroatoms. The average Bonchev–Trinajstić information content (AvgIpc) is 2.13. The second-order valence-corrected chi connectivity index (χ2v) is 2.31. The van der Waals surface area contributed by atoms with Gasteiger partial charge in [-0.05, 0) is 12.1 Å². The van der Waals surface area contributed by atoms with E-state index in [4.69, 9.17) is 0 Å². The van der Waals surface area contributed by atoms with Gasteiger partial charge in [-0.2, -0.15) is 0 Å². The third-order valence-electron chi connectivity index (χ3n) is 1.43. The molecule has 3 nitrogen and oxygen atoms in total. The van der Waals surface area contributed by atoms with E-state index in [1.807, 2.05) is 0 Å². The summed E-state index contributed by atoms with van der Waals surface area (Å²) in [7, 11) is 1.38. The van der Waals surface area contributed by atoms with Gasteiger partial charge in [-0.15, -0.1) is 0 Å². The Labute approximate surface area is 73.8 Å². The van der Waals surface area contributed by atoms with Crippen LogP contribution in [-0.4, -0.2) is 13.1 Å². The van der Waals surface area contributed by atoms with Crippen LogP contribution in [-0.2, 0) is 0 Å². The van der Waals surface area contributed by atoms with Gasteiger partial charge in [0.2, 0.25) is 0 Å². The lowest BCUT2D eigenvalue weighted by Crippen LogP contribution is -2.25. The fraction of sp³-hybridized carbons (Fsp3) is 0.125. The number of rotatable bonds is 1. The number of urea groups is 1. The minimum Gasteiger partial charge on any atom is -0.341 e. The molecule has 0 aliphatic heterocycles. The molecule has 0 atom stereocenters. The van der Waals surface area contributed by atoms with Crippen molar-refractivity contribution >= 4 is 11.7 Å². The maximum Gasteiger partial charge on any atom is 0.319 e. The van der Waals surface area contributed by atoms with Crippen LogP contribution in [0.2, 0.25) is 0 Å². The molecule has 70 valence electrons. The molecule has 0 heterocycles. The Kier molecular flexibility index (Phi) is 2.79. The lowest BCUT2D eigenvalue weighted by Gasteiger charge is -2.04. The molecule has 0 unspecified atom stereocenters. The van der Waals surface area contributed by atoms with Gasteiger partial charge in [-0.3, -0.25) is 0 Å². The molecule has 13 heavy (non-hydrogen) atoms. The summed E-state index contributed by atoms with van der Waals surface area (Å²) in [6.45, 7) is 0. The maximum atomic E-state index is 12.9. The third-order valence-corrected chi connectivity index (χ3v) is 1.43. The fourth-order valence-corrected chi connectivity index (χ4v) is 0.785. The second kappa shape index (κ2) is 3.84. The zero-order valence-electron chi connectivity index (χ0n) is 6.90. The molecule has 0 aliphatic carbocycles. The number of halogens is 2. The van der Waals surface area contributed by atoms with Crippen LogP contribution in [0.4, 0.5) is 19.3 Å². The van der Waals surface area contributed by atoms with Gasteiger partial charge < -0.3 is 10.6 Å². The minimum absolute atomic E-state index is 0.181. The largest absolute Gasteiger partial charge is 0.341 e. The van der Waals surface area contributed by atoms with Crippen LogP contribution >= 0.6 is 0 Å². The van der Waals surface area contributed by atoms with Crippen molar-refractivity contribution in [3.05, 3.63) is 29.8 Å². The lowest BCUT2D eigenvalue weighted by molar-refractivity contribution is 0.254. The Morgan fingerprint density at radius 3 is 2.69 bits per heavy atom. The van der Waals surface area contributed by atoms with Crippen molar-refractivity contribution in [3.63, 3.8) is 0 Å². The standard InChI is InChI=1S/C8H8F2N2O/c1-11-8(13)12-6-4-2-3-5(9)7(6)10/h2-4H,1H3,(H2,11,12,13). The van der Waals surface area contributed by atoms with Gasteiger partial charge in [0.25, 0.3) is 0 Å². The summed E-state index contributed by atoms with van der Waals surface area (Å²) in [5.41, 5.74) is -0.181. The number of benzene rings is 1. The monoisotopic (exact) mass is 186 g/mol. The van der Waals surface area contributed by atoms with Gasteiger partial charge in [0.15, 0.2) is 11.6 Å². The molecule has 0 fully saturated rings. The molecule has 2 amide bonds. The Bertz CT molecular complexity index is 328. The molecule has 0 aromatic heterocycles. The van der Waals surface area contributed by atoms with Crippen molar-refractivity contribution in [2.45, 2.75) is 0 Å². The molecule has 0 saturated carbocycles. The first-order chi connectivity index (χ1) is 6.15. The Morgan fingerprint density at radius 2 is 2.08 bits per heavy atom. The molecule has 0 spiro atoms. The van der Waals surface area contributed by atoms with Crippen LogP contribution in [0.1, 0.15) is 0 Å². The van der Waals surface area contributed by atoms with Crippen LogP contribution in [0.15, 0.2) is 18.2 Å². The SMILES string of the molecule is CNC(=O)Nc1cccc(F)c1F. The molecule has 1 rings (SSSR count). The molecular formula is C8H8F2N2O. The minimum atomic E-state index is -1.06. The third kappa shape index (κ3) is 2.14. The molecule has 1 aromatic carbocycles. The van der Waals surface area contributed by atoms with E-state index in [2.05, 4.69) is 10.6 Å².